The zero-order chi connectivity index (χ0) is 26.5. The summed E-state index contributed by atoms with van der Waals surface area (Å²) in [6.45, 7) is 1.59. The fourth-order valence-electron chi connectivity index (χ4n) is 4.43. The van der Waals surface area contributed by atoms with Gasteiger partial charge in [-0.3, -0.25) is 14.4 Å². The van der Waals surface area contributed by atoms with Gasteiger partial charge < -0.3 is 20.5 Å². The SMILES string of the molecule is C[C@H](CO)NC(=O)C[C@H]1CC=CCC[C@H](Cc2ccccc2)C(=O)OC[C@@H](Cc2ccccc2)NC1=O. The van der Waals surface area contributed by atoms with Gasteiger partial charge in [0.1, 0.15) is 6.61 Å². The molecule has 0 fully saturated rings. The van der Waals surface area contributed by atoms with Crippen LogP contribution < -0.4 is 10.6 Å². The lowest BCUT2D eigenvalue weighted by atomic mass is 9.94. The lowest BCUT2D eigenvalue weighted by molar-refractivity contribution is -0.150. The van der Waals surface area contributed by atoms with E-state index in [4.69, 9.17) is 4.74 Å². The van der Waals surface area contributed by atoms with Crippen LogP contribution in [0, 0.1) is 11.8 Å². The molecule has 0 saturated carbocycles. The molecule has 0 saturated heterocycles. The molecule has 3 rings (SSSR count). The first-order chi connectivity index (χ1) is 17.9. The fraction of sp³-hybridized carbons (Fsp3) is 0.433. The topological polar surface area (TPSA) is 105 Å². The van der Waals surface area contributed by atoms with E-state index in [9.17, 15) is 19.5 Å². The van der Waals surface area contributed by atoms with Gasteiger partial charge in [-0.2, -0.15) is 0 Å². The minimum atomic E-state index is -0.572. The number of amides is 2. The zero-order valence-corrected chi connectivity index (χ0v) is 21.5. The molecular formula is C30H38N2O5. The summed E-state index contributed by atoms with van der Waals surface area (Å²) < 4.78 is 5.77. The number of carbonyl (C=O) groups is 3. The van der Waals surface area contributed by atoms with Gasteiger partial charge in [-0.15, -0.1) is 0 Å². The first-order valence-electron chi connectivity index (χ1n) is 13.0. The molecule has 0 unspecified atom stereocenters. The van der Waals surface area contributed by atoms with Crippen LogP contribution in [0.4, 0.5) is 0 Å². The molecule has 1 heterocycles. The predicted molar refractivity (Wildman–Crippen MR) is 142 cm³/mol. The van der Waals surface area contributed by atoms with E-state index in [2.05, 4.69) is 10.6 Å². The highest BCUT2D eigenvalue weighted by Crippen LogP contribution is 2.19. The minimum absolute atomic E-state index is 0.00892. The molecule has 2 aromatic rings. The number of hydrogen-bond donors (Lipinski definition) is 3. The highest BCUT2D eigenvalue weighted by Gasteiger charge is 2.27. The summed E-state index contributed by atoms with van der Waals surface area (Å²) >= 11 is 0. The molecule has 198 valence electrons. The van der Waals surface area contributed by atoms with Gasteiger partial charge in [0.15, 0.2) is 0 Å². The number of ether oxygens (including phenoxy) is 1. The number of aliphatic hydroxyl groups is 1. The molecule has 3 N–H and O–H groups in total. The van der Waals surface area contributed by atoms with Crippen molar-refractivity contribution in [2.75, 3.05) is 13.2 Å². The van der Waals surface area contributed by atoms with E-state index in [0.29, 0.717) is 32.1 Å². The van der Waals surface area contributed by atoms with E-state index >= 15 is 0 Å². The molecular weight excluding hydrogens is 468 g/mol. The first kappa shape index (κ1) is 28.1. The summed E-state index contributed by atoms with van der Waals surface area (Å²) in [4.78, 5) is 38.9. The summed E-state index contributed by atoms with van der Waals surface area (Å²) in [5.74, 6) is -1.67. The summed E-state index contributed by atoms with van der Waals surface area (Å²) in [5, 5.41) is 15.0. The van der Waals surface area contributed by atoms with Gasteiger partial charge in [-0.1, -0.05) is 72.8 Å². The molecule has 2 amide bonds. The van der Waals surface area contributed by atoms with Gasteiger partial charge in [-0.05, 0) is 50.2 Å². The van der Waals surface area contributed by atoms with Crippen LogP contribution in [-0.2, 0) is 32.0 Å². The fourth-order valence-corrected chi connectivity index (χ4v) is 4.43. The highest BCUT2D eigenvalue weighted by atomic mass is 16.5. The van der Waals surface area contributed by atoms with Crippen molar-refractivity contribution >= 4 is 17.8 Å². The molecule has 0 aliphatic carbocycles. The van der Waals surface area contributed by atoms with E-state index in [1.54, 1.807) is 6.92 Å². The number of rotatable bonds is 8. The van der Waals surface area contributed by atoms with Crippen molar-refractivity contribution in [2.45, 2.75) is 57.5 Å². The summed E-state index contributed by atoms with van der Waals surface area (Å²) in [6.07, 6.45) is 6.70. The molecule has 2 aromatic carbocycles. The summed E-state index contributed by atoms with van der Waals surface area (Å²) in [7, 11) is 0. The van der Waals surface area contributed by atoms with Gasteiger partial charge in [-0.25, -0.2) is 0 Å². The third-order valence-electron chi connectivity index (χ3n) is 6.51. The Kier molecular flexibility index (Phi) is 11.4. The second-order valence-electron chi connectivity index (χ2n) is 9.75. The van der Waals surface area contributed by atoms with Crippen LogP contribution in [0.25, 0.3) is 0 Å². The van der Waals surface area contributed by atoms with E-state index in [1.807, 2.05) is 72.8 Å². The average Bonchev–Trinajstić information content (AvgIpc) is 2.91. The Hall–Kier alpha value is -3.45. The Morgan fingerprint density at radius 2 is 1.65 bits per heavy atom. The van der Waals surface area contributed by atoms with Crippen molar-refractivity contribution in [3.05, 3.63) is 83.9 Å². The Morgan fingerprint density at radius 1 is 1.00 bits per heavy atom. The molecule has 1 aliphatic rings. The van der Waals surface area contributed by atoms with Crippen LogP contribution in [0.15, 0.2) is 72.8 Å². The molecule has 4 atom stereocenters. The molecule has 7 heteroatoms. The molecule has 37 heavy (non-hydrogen) atoms. The zero-order valence-electron chi connectivity index (χ0n) is 21.5. The third kappa shape index (κ3) is 9.84. The molecule has 0 bridgehead atoms. The number of hydrogen-bond acceptors (Lipinski definition) is 5. The first-order valence-corrected chi connectivity index (χ1v) is 13.0. The van der Waals surface area contributed by atoms with Gasteiger partial charge in [0, 0.05) is 12.5 Å². The van der Waals surface area contributed by atoms with Crippen molar-refractivity contribution in [3.63, 3.8) is 0 Å². The van der Waals surface area contributed by atoms with Gasteiger partial charge in [0.2, 0.25) is 11.8 Å². The predicted octanol–water partition coefficient (Wildman–Crippen LogP) is 3.36. The molecule has 0 spiro atoms. The molecule has 0 aromatic heterocycles. The van der Waals surface area contributed by atoms with Gasteiger partial charge >= 0.3 is 5.97 Å². The number of carbonyl (C=O) groups excluding carboxylic acids is 3. The number of cyclic esters (lactones) is 1. The Labute approximate surface area is 219 Å². The van der Waals surface area contributed by atoms with Crippen molar-refractivity contribution in [1.29, 1.82) is 0 Å². The standard InChI is InChI=1S/C30H38N2O5/c1-22(20-33)31-28(34)19-25-15-9-4-10-16-26(17-23-11-5-2-6-12-23)30(36)37-21-27(32-29(25)35)18-24-13-7-3-8-14-24/h2-9,11-14,22,25-27,33H,10,15-21H2,1H3,(H,31,34)(H,32,35)/t22-,25-,26-,27-/m1/s1. The summed E-state index contributed by atoms with van der Waals surface area (Å²) in [6, 6.07) is 18.8. The molecule has 1 aliphatic heterocycles. The number of benzene rings is 2. The van der Waals surface area contributed by atoms with Gasteiger partial charge in [0.25, 0.3) is 0 Å². The lowest BCUT2D eigenvalue weighted by Gasteiger charge is -2.23. The maximum atomic E-state index is 13.3. The smallest absolute Gasteiger partial charge is 0.309 e. The van der Waals surface area contributed by atoms with E-state index in [-0.39, 0.29) is 49.4 Å². The molecule has 7 nitrogen and oxygen atoms in total. The van der Waals surface area contributed by atoms with Crippen LogP contribution >= 0.6 is 0 Å². The highest BCUT2D eigenvalue weighted by molar-refractivity contribution is 5.86. The van der Waals surface area contributed by atoms with Crippen molar-refractivity contribution < 1.29 is 24.2 Å². The quantitative estimate of drug-likeness (QED) is 0.376. The monoisotopic (exact) mass is 506 g/mol. The maximum absolute atomic E-state index is 13.3. The van der Waals surface area contributed by atoms with Gasteiger partial charge in [0.05, 0.1) is 24.5 Å². The second-order valence-corrected chi connectivity index (χ2v) is 9.75. The van der Waals surface area contributed by atoms with Crippen molar-refractivity contribution in [2.24, 2.45) is 11.8 Å². The Bertz CT molecular complexity index is 1020. The van der Waals surface area contributed by atoms with Crippen molar-refractivity contribution in [1.82, 2.24) is 10.6 Å². The average molecular weight is 507 g/mol. The largest absolute Gasteiger partial charge is 0.463 e. The number of aliphatic hydroxyl groups excluding tert-OH is 1. The Morgan fingerprint density at radius 3 is 2.30 bits per heavy atom. The Balaban J connectivity index is 1.77. The second kappa shape index (κ2) is 15.0. The lowest BCUT2D eigenvalue weighted by Crippen LogP contribution is -2.45. The van der Waals surface area contributed by atoms with E-state index in [1.165, 1.54) is 0 Å². The third-order valence-corrected chi connectivity index (χ3v) is 6.51. The summed E-state index contributed by atoms with van der Waals surface area (Å²) in [5.41, 5.74) is 2.09. The van der Waals surface area contributed by atoms with Crippen LogP contribution in [0.3, 0.4) is 0 Å². The van der Waals surface area contributed by atoms with Crippen LogP contribution in [0.5, 0.6) is 0 Å². The maximum Gasteiger partial charge on any atom is 0.309 e. The van der Waals surface area contributed by atoms with Crippen LogP contribution in [0.1, 0.15) is 43.7 Å². The van der Waals surface area contributed by atoms with Crippen LogP contribution in [0.2, 0.25) is 0 Å². The van der Waals surface area contributed by atoms with E-state index in [0.717, 1.165) is 11.1 Å². The number of allylic oxidation sites excluding steroid dienone is 2. The minimum Gasteiger partial charge on any atom is -0.463 e. The number of nitrogens with one attached hydrogen (secondary N) is 2. The normalized spacial score (nSPS) is 21.9. The van der Waals surface area contributed by atoms with Crippen LogP contribution in [-0.4, -0.2) is 48.2 Å². The number of esters is 1. The van der Waals surface area contributed by atoms with E-state index < -0.39 is 12.0 Å². The molecule has 0 radical (unpaired) electrons. The van der Waals surface area contributed by atoms with Crippen molar-refractivity contribution in [3.8, 4) is 0 Å².